The minimum Gasteiger partial charge on any atom is -0.497 e. The van der Waals surface area contributed by atoms with Crippen molar-refractivity contribution in [3.8, 4) is 59.7 Å². The highest BCUT2D eigenvalue weighted by molar-refractivity contribution is 9.11. The van der Waals surface area contributed by atoms with Gasteiger partial charge in [0.1, 0.15) is 63.3 Å². The summed E-state index contributed by atoms with van der Waals surface area (Å²) < 4.78 is 66.1. The zero-order valence-corrected chi connectivity index (χ0v) is 79.5. The molecule has 0 atom stereocenters. The lowest BCUT2D eigenvalue weighted by Crippen LogP contribution is -2.35. The van der Waals surface area contributed by atoms with Gasteiger partial charge in [0.15, 0.2) is 5.15 Å². The highest BCUT2D eigenvalue weighted by Gasteiger charge is 2.27. The second kappa shape index (κ2) is 47.9. The molecule has 0 spiro atoms. The maximum atomic E-state index is 14.4. The van der Waals surface area contributed by atoms with E-state index in [1.807, 2.05) is 48.3 Å². The van der Waals surface area contributed by atoms with E-state index in [9.17, 15) is 62.0 Å². The Kier molecular flexibility index (Phi) is 37.2. The van der Waals surface area contributed by atoms with Gasteiger partial charge in [-0.25, -0.2) is 29.3 Å². The maximum absolute atomic E-state index is 14.4. The van der Waals surface area contributed by atoms with Gasteiger partial charge in [0.25, 0.3) is 16.7 Å². The smallest absolute Gasteiger partial charge is 0.329 e. The monoisotopic (exact) mass is 2090 g/mol. The number of pyridine rings is 2. The predicted molar refractivity (Wildman–Crippen MR) is 495 cm³/mol. The Morgan fingerprint density at radius 1 is 0.470 bits per heavy atom. The highest BCUT2D eigenvalue weighted by Crippen LogP contribution is 2.33. The number of halogens is 8. The Morgan fingerprint density at radius 3 is 1.33 bits per heavy atom. The number of carbonyl (C=O) groups is 4. The van der Waals surface area contributed by atoms with Crippen molar-refractivity contribution in [3.05, 3.63) is 348 Å². The van der Waals surface area contributed by atoms with E-state index < -0.39 is 63.0 Å². The first-order valence-electron chi connectivity index (χ1n) is 38.3. The van der Waals surface area contributed by atoms with Gasteiger partial charge in [-0.2, -0.15) is 54.7 Å². The van der Waals surface area contributed by atoms with Crippen LogP contribution in [-0.2, 0) is 19.6 Å². The molecule has 5 aromatic carbocycles. The van der Waals surface area contributed by atoms with E-state index in [0.29, 0.717) is 77.4 Å². The number of nitriles is 4. The number of nitrogen functional groups attached to an aromatic ring is 1. The molecule has 13 aromatic rings. The summed E-state index contributed by atoms with van der Waals surface area (Å²) in [7, 11) is 10.1. The number of aromatic amines is 4. The van der Waals surface area contributed by atoms with Crippen molar-refractivity contribution in [3.63, 3.8) is 0 Å². The van der Waals surface area contributed by atoms with Crippen LogP contribution in [-0.4, -0.2) is 135 Å². The number of rotatable bonds is 21. The van der Waals surface area contributed by atoms with Crippen LogP contribution in [0.2, 0.25) is 10.3 Å². The summed E-state index contributed by atoms with van der Waals surface area (Å²) in [6.45, 7) is 10.1. The SMILES string of the molecule is COc1cc(Cl)nc(C)n1.COc1ccc(CNc2cc(Cn3c(C(=O)c4cc(C)cc(C#N)c4)c(Br)c(=O)[nH]c3=O)cc(F)n2)cc1.COc1nc(Cl)c(Br)c(OC)n1.COc1nc(OC)c(Br)c(C(=O)c2cc(C)cc(C#N)c2)n1.Cc1cc(C#N)cc(C(=O)c2[nH]c(=O)[nH]c(=O)c2C)c1.Cc1cc(C#N)cc(C(=O)c2c(Br)c(=O)[nH]c(=O)n2Cc2cc(N)nc(F)c2)c1.[3H]C. The molecule has 0 amide bonds. The van der Waals surface area contributed by atoms with Crippen LogP contribution in [0.15, 0.2) is 174 Å². The Labute approximate surface area is 793 Å². The minimum atomic E-state index is -0.856. The van der Waals surface area contributed by atoms with Gasteiger partial charge in [-0.05, 0) is 253 Å². The van der Waals surface area contributed by atoms with E-state index >= 15 is 0 Å². The number of aromatic nitrogens is 14. The van der Waals surface area contributed by atoms with Gasteiger partial charge in [0.05, 0.1) is 108 Å². The molecule has 36 nitrogen and oxygen atoms in total. The van der Waals surface area contributed by atoms with Gasteiger partial charge in [-0.15, -0.1) is 0 Å². The van der Waals surface area contributed by atoms with Crippen LogP contribution in [0, 0.1) is 98.8 Å². The van der Waals surface area contributed by atoms with Gasteiger partial charge >= 0.3 is 29.1 Å². The molecule has 678 valence electrons. The van der Waals surface area contributed by atoms with Crippen LogP contribution in [0.25, 0.3) is 0 Å². The van der Waals surface area contributed by atoms with E-state index in [-0.39, 0.29) is 124 Å². The molecule has 0 aliphatic rings. The quantitative estimate of drug-likeness (QED) is 0.0221. The molecule has 0 saturated heterocycles. The molecule has 0 bridgehead atoms. The van der Waals surface area contributed by atoms with Gasteiger partial charge in [-0.3, -0.25) is 57.6 Å². The Hall–Kier alpha value is -14.9. The average Bonchev–Trinajstić information content (AvgIpc) is 0.782. The molecule has 0 aliphatic carbocycles. The second-order valence-electron chi connectivity index (χ2n) is 27.1. The fourth-order valence-electron chi connectivity index (χ4n) is 11.8. The van der Waals surface area contributed by atoms with Crippen LogP contribution in [0.1, 0.15) is 146 Å². The van der Waals surface area contributed by atoms with Gasteiger partial charge in [-0.1, -0.05) is 42.7 Å². The van der Waals surface area contributed by atoms with Crippen molar-refractivity contribution >= 4 is 122 Å². The molecule has 132 heavy (non-hydrogen) atoms. The largest absolute Gasteiger partial charge is 0.497 e. The lowest BCUT2D eigenvalue weighted by molar-refractivity contribution is 0.102. The summed E-state index contributed by atoms with van der Waals surface area (Å²) in [6, 6.07) is 40.7. The molecule has 0 unspecified atom stereocenters. The first kappa shape index (κ1) is 102. The van der Waals surface area contributed by atoms with Crippen molar-refractivity contribution in [2.45, 2.75) is 68.6 Å². The number of nitrogens with zero attached hydrogens (tertiary/aromatic N) is 14. The molecule has 13 rings (SSSR count). The molecular weight excluding hydrogens is 2020 g/mol. The molecule has 0 saturated carbocycles. The van der Waals surface area contributed by atoms with Crippen LogP contribution < -0.4 is 73.2 Å². The Morgan fingerprint density at radius 2 is 0.902 bits per heavy atom. The molecular formula is C88H74Br4Cl2F2N20O16. The predicted octanol–water partition coefficient (Wildman–Crippen LogP) is 13.2. The van der Waals surface area contributed by atoms with E-state index in [1.54, 1.807) is 102 Å². The standard InChI is InChI=1S/C27H21BrFN5O4.C19H13BrFN5O3.C15H12BrN3O3.C14H11N3O3.C6H6BrClN2O2.C6H7ClN2O.CH4/c1-15-7-17(12-30)9-19(8-15)25(35)24-23(28)26(36)33-27(37)34(24)14-18-10-21(29)32-22(11-18)31-13-16-3-5-20(38-2)6-4-16;1-9-2-10(7-22)4-12(3-9)17(27)16-15(20)18(28)25-19(29)26(16)8-11-5-13(21)24-14(23)6-11;1-8-4-9(7-17)6-10(5-8)13(20)12-11(16)14(21-2)19-15(18-12)22-3;1-7-3-9(6-15)5-10(4-7)12(18)11-8(2)13(19)17-14(20)16-11;1-11-5-3(7)4(8)9-6(10-5)12-2;1-4-8-5(7)3-6(9-4)10-2;/h3-11H,13-14H2,1-2H3,(H,31,32)(H,33,36,37);2-6H,8H2,1H3,(H2,23,24)(H,25,28,29);4-6H,1-3H3;3-5H,1-2H3,(H2,16,17,19,20);1-2H3;3H,1-2H3;1H4/i;;;;;;1T. The fourth-order valence-corrected chi connectivity index (χ4v) is 14.0. The molecule has 44 heteroatoms. The number of ether oxygens (including phenoxy) is 6. The zero-order chi connectivity index (χ0) is 98.5. The summed E-state index contributed by atoms with van der Waals surface area (Å²) in [5.74, 6) is -1.29. The van der Waals surface area contributed by atoms with Gasteiger partial charge in [0, 0.05) is 41.8 Å². The highest BCUT2D eigenvalue weighted by atomic mass is 79.9. The van der Waals surface area contributed by atoms with Crippen molar-refractivity contribution in [1.82, 2.24) is 68.9 Å². The molecule has 8 heterocycles. The normalized spacial score (nSPS) is 10.2. The number of methoxy groups -OCH3 is 6. The van der Waals surface area contributed by atoms with Gasteiger partial charge in [0.2, 0.25) is 52.7 Å². The van der Waals surface area contributed by atoms with Crippen molar-refractivity contribution in [2.24, 2.45) is 0 Å². The number of anilines is 2. The number of nitrogens with two attached hydrogens (primary N) is 1. The van der Waals surface area contributed by atoms with Crippen molar-refractivity contribution < 1.29 is 57.8 Å². The number of hydrogen-bond acceptors (Lipinski definition) is 30. The van der Waals surface area contributed by atoms with Crippen LogP contribution in [0.3, 0.4) is 0 Å². The van der Waals surface area contributed by atoms with E-state index in [4.69, 9.17) is 74.5 Å². The third-order valence-corrected chi connectivity index (χ3v) is 21.2. The van der Waals surface area contributed by atoms with Crippen molar-refractivity contribution in [1.29, 1.82) is 21.0 Å². The Balaban J connectivity index is 0.000000228. The molecule has 0 aliphatic heterocycles. The number of H-pyrrole nitrogens is 4. The third kappa shape index (κ3) is 27.8. The molecule has 0 radical (unpaired) electrons. The zero-order valence-electron chi connectivity index (χ0n) is 72.6. The second-order valence-corrected chi connectivity index (χ2v) is 31.1. The molecule has 0 fully saturated rings. The fraction of sp³-hybridized carbons (Fsp3) is 0.182. The number of aryl methyl sites for hydroxylation is 5. The Bertz CT molecular complexity index is 7160. The number of benzene rings is 5. The first-order chi connectivity index (χ1) is 63.2. The van der Waals surface area contributed by atoms with E-state index in [2.05, 4.69) is 124 Å². The van der Waals surface area contributed by atoms with Crippen molar-refractivity contribution in [2.75, 3.05) is 53.7 Å². The van der Waals surface area contributed by atoms with Crippen LogP contribution in [0.5, 0.6) is 35.4 Å². The topological polar surface area (TPSA) is 535 Å². The summed E-state index contributed by atoms with van der Waals surface area (Å²) in [5, 5.41) is 40.1. The van der Waals surface area contributed by atoms with Gasteiger partial charge < -0.3 is 44.5 Å². The number of hydrogen-bond donors (Lipinski definition) is 6. The minimum absolute atomic E-state index is 0.0246. The lowest BCUT2D eigenvalue weighted by atomic mass is 10.0. The average molecular weight is 2100 g/mol. The summed E-state index contributed by atoms with van der Waals surface area (Å²) in [5.41, 5.74) is 7.16. The first-order valence-corrected chi connectivity index (χ1v) is 41.2. The lowest BCUT2D eigenvalue weighted by Gasteiger charge is -2.15. The third-order valence-electron chi connectivity index (χ3n) is 17.6. The van der Waals surface area contributed by atoms with Crippen LogP contribution in [0.4, 0.5) is 20.4 Å². The number of nitrogens with one attached hydrogen (secondary N) is 5. The maximum Gasteiger partial charge on any atom is 0.329 e. The summed E-state index contributed by atoms with van der Waals surface area (Å²) in [4.78, 5) is 164. The number of ketones is 4. The summed E-state index contributed by atoms with van der Waals surface area (Å²) >= 11 is 23.9. The summed E-state index contributed by atoms with van der Waals surface area (Å²) in [6.07, 6.45) is 0. The van der Waals surface area contributed by atoms with Crippen LogP contribution >= 0.6 is 86.9 Å². The van der Waals surface area contributed by atoms with E-state index in [1.165, 1.54) is 86.3 Å². The number of carbonyl (C=O) groups excluding carboxylic acids is 4. The molecule has 8 aromatic heterocycles. The van der Waals surface area contributed by atoms with E-state index in [0.717, 1.165) is 38.0 Å². The molecule has 7 N–H and O–H groups in total.